The Morgan fingerprint density at radius 3 is 2.47 bits per heavy atom. The normalized spacial score (nSPS) is 22.5. The predicted octanol–water partition coefficient (Wildman–Crippen LogP) is 0.305. The molecule has 218 valence electrons. The van der Waals surface area contributed by atoms with Gasteiger partial charge in [-0.15, -0.1) is 0 Å². The number of carbonyl (C=O) groups excluding carboxylic acids is 5. The number of hydroxylamine groups is 1. The van der Waals surface area contributed by atoms with Crippen LogP contribution in [0.1, 0.15) is 71.6 Å². The van der Waals surface area contributed by atoms with Crippen LogP contribution in [0.3, 0.4) is 0 Å². The van der Waals surface area contributed by atoms with Crippen molar-refractivity contribution >= 4 is 29.7 Å². The van der Waals surface area contributed by atoms with E-state index in [1.165, 1.54) is 7.05 Å². The second kappa shape index (κ2) is 18.3. The first-order chi connectivity index (χ1) is 18.1. The van der Waals surface area contributed by atoms with Crippen LogP contribution in [0.5, 0.6) is 0 Å². The van der Waals surface area contributed by atoms with E-state index in [1.807, 2.05) is 13.8 Å². The summed E-state index contributed by atoms with van der Waals surface area (Å²) in [7, 11) is 1.48. The summed E-state index contributed by atoms with van der Waals surface area (Å²) in [5.74, 6) is -3.77. The zero-order valence-electron chi connectivity index (χ0n) is 22.8. The molecule has 0 saturated carbocycles. The van der Waals surface area contributed by atoms with Gasteiger partial charge < -0.3 is 31.7 Å². The van der Waals surface area contributed by atoms with E-state index in [1.54, 1.807) is 5.48 Å². The van der Waals surface area contributed by atoms with Crippen LogP contribution >= 0.6 is 0 Å². The minimum Gasteiger partial charge on any atom is -0.450 e. The average molecular weight is 543 g/mol. The van der Waals surface area contributed by atoms with Crippen molar-refractivity contribution in [2.75, 3.05) is 26.7 Å². The predicted molar refractivity (Wildman–Crippen MR) is 140 cm³/mol. The quantitative estimate of drug-likeness (QED) is 0.116. The second-order valence-electron chi connectivity index (χ2n) is 10.0. The summed E-state index contributed by atoms with van der Waals surface area (Å²) in [4.78, 5) is 63.7. The molecule has 0 aromatic heterocycles. The number of cyclic esters (lactones) is 1. The Morgan fingerprint density at radius 1 is 1.11 bits per heavy atom. The van der Waals surface area contributed by atoms with E-state index in [9.17, 15) is 29.2 Å². The minimum atomic E-state index is -0.964. The Kier molecular flexibility index (Phi) is 16.0. The summed E-state index contributed by atoms with van der Waals surface area (Å²) in [5, 5.41) is 20.1. The Balaban J connectivity index is 3.22. The Hall–Kier alpha value is -2.93. The first kappa shape index (κ1) is 33.1. The van der Waals surface area contributed by atoms with E-state index >= 15 is 0 Å². The second-order valence-corrected chi connectivity index (χ2v) is 10.0. The fraction of sp³-hybridized carbons (Fsp3) is 0.800. The fourth-order valence-corrected chi connectivity index (χ4v) is 4.50. The molecule has 5 amide bonds. The smallest absolute Gasteiger partial charge is 0.407 e. The third-order valence-electron chi connectivity index (χ3n) is 6.54. The fourth-order valence-electron chi connectivity index (χ4n) is 4.50. The zero-order chi connectivity index (χ0) is 28.5. The number of hydrogen-bond acceptors (Lipinski definition) is 8. The van der Waals surface area contributed by atoms with Gasteiger partial charge >= 0.3 is 6.09 Å². The summed E-state index contributed by atoms with van der Waals surface area (Å²) >= 11 is 0. The van der Waals surface area contributed by atoms with Crippen LogP contribution < -0.4 is 32.5 Å². The standard InChI is InChI=1S/C25H46N6O7/c1-16(2)15-18-17(22(33)31-37)9-8-14-38-25(36)28-13-7-5-11-20(29-21(18)32)24(35)30-19(23(34)27-3)10-4-6-12-26/h16-20,37H,4-15,26H2,1-3H3,(H,27,34)(H,28,36)(H,29,32)(H,30,35)(H,31,33)/t17-,18+,19-,20-/m0/s1. The van der Waals surface area contributed by atoms with Crippen LogP contribution in [0.2, 0.25) is 0 Å². The number of alkyl carbamates (subject to hydrolysis) is 1. The molecule has 0 unspecified atom stereocenters. The van der Waals surface area contributed by atoms with E-state index < -0.39 is 47.7 Å². The first-order valence-corrected chi connectivity index (χ1v) is 13.5. The van der Waals surface area contributed by atoms with Gasteiger partial charge in [-0.2, -0.15) is 0 Å². The van der Waals surface area contributed by atoms with Crippen LogP contribution in [0.25, 0.3) is 0 Å². The Bertz CT molecular complexity index is 779. The van der Waals surface area contributed by atoms with Gasteiger partial charge in [0.1, 0.15) is 12.1 Å². The molecule has 0 aliphatic carbocycles. The highest BCUT2D eigenvalue weighted by atomic mass is 16.5. The van der Waals surface area contributed by atoms with E-state index in [0.29, 0.717) is 58.0 Å². The van der Waals surface area contributed by atoms with Crippen molar-refractivity contribution in [3.8, 4) is 0 Å². The molecule has 0 spiro atoms. The molecule has 13 nitrogen and oxygen atoms in total. The van der Waals surface area contributed by atoms with Gasteiger partial charge in [0, 0.05) is 19.5 Å². The number of ether oxygens (including phenoxy) is 1. The summed E-state index contributed by atoms with van der Waals surface area (Å²) in [6, 6.07) is -1.75. The number of rotatable bonds is 10. The largest absolute Gasteiger partial charge is 0.450 e. The van der Waals surface area contributed by atoms with Crippen LogP contribution in [-0.2, 0) is 23.9 Å². The number of nitrogens with one attached hydrogen (secondary N) is 5. The highest BCUT2D eigenvalue weighted by molar-refractivity contribution is 5.93. The lowest BCUT2D eigenvalue weighted by atomic mass is 9.81. The molecule has 4 atom stereocenters. The van der Waals surface area contributed by atoms with Gasteiger partial charge in [0.25, 0.3) is 0 Å². The summed E-state index contributed by atoms with van der Waals surface area (Å²) < 4.78 is 5.14. The maximum atomic E-state index is 13.5. The molecule has 0 bridgehead atoms. The summed E-state index contributed by atoms with van der Waals surface area (Å²) in [6.45, 7) is 4.65. The topological polar surface area (TPSA) is 201 Å². The van der Waals surface area contributed by atoms with Crippen molar-refractivity contribution in [2.24, 2.45) is 23.5 Å². The van der Waals surface area contributed by atoms with Gasteiger partial charge in [0.15, 0.2) is 0 Å². The molecule has 1 rings (SSSR count). The van der Waals surface area contributed by atoms with Crippen molar-refractivity contribution in [1.29, 1.82) is 0 Å². The average Bonchev–Trinajstić information content (AvgIpc) is 2.89. The third kappa shape index (κ3) is 12.1. The van der Waals surface area contributed by atoms with E-state index in [-0.39, 0.29) is 31.3 Å². The molecule has 1 heterocycles. The van der Waals surface area contributed by atoms with E-state index in [0.717, 1.165) is 0 Å². The number of amides is 5. The van der Waals surface area contributed by atoms with Crippen molar-refractivity contribution < 1.29 is 33.9 Å². The monoisotopic (exact) mass is 542 g/mol. The lowest BCUT2D eigenvalue weighted by molar-refractivity contribution is -0.142. The van der Waals surface area contributed by atoms with E-state index in [4.69, 9.17) is 10.5 Å². The van der Waals surface area contributed by atoms with Gasteiger partial charge in [-0.05, 0) is 70.3 Å². The van der Waals surface area contributed by atoms with Crippen LogP contribution in [0.15, 0.2) is 0 Å². The number of carbonyl (C=O) groups is 5. The van der Waals surface area contributed by atoms with Gasteiger partial charge in [0.2, 0.25) is 23.6 Å². The van der Waals surface area contributed by atoms with Gasteiger partial charge in [-0.25, -0.2) is 10.3 Å². The molecular weight excluding hydrogens is 496 g/mol. The first-order valence-electron chi connectivity index (χ1n) is 13.5. The number of unbranched alkanes of at least 4 members (excludes halogenated alkanes) is 1. The van der Waals surface area contributed by atoms with Gasteiger partial charge in [-0.3, -0.25) is 24.4 Å². The maximum absolute atomic E-state index is 13.5. The van der Waals surface area contributed by atoms with Gasteiger partial charge in [0.05, 0.1) is 12.5 Å². The van der Waals surface area contributed by atoms with Crippen molar-refractivity contribution in [3.63, 3.8) is 0 Å². The summed E-state index contributed by atoms with van der Waals surface area (Å²) in [5.41, 5.74) is 7.20. The lowest BCUT2D eigenvalue weighted by Gasteiger charge is -2.29. The molecular formula is C25H46N6O7. The molecule has 8 N–H and O–H groups in total. The Labute approximate surface area is 224 Å². The summed E-state index contributed by atoms with van der Waals surface area (Å²) in [6.07, 6.45) is 3.24. The molecule has 0 radical (unpaired) electrons. The number of nitrogens with two attached hydrogens (primary N) is 1. The molecule has 0 aromatic carbocycles. The highest BCUT2D eigenvalue weighted by Crippen LogP contribution is 2.26. The molecule has 1 aliphatic rings. The molecule has 13 heteroatoms. The molecule has 38 heavy (non-hydrogen) atoms. The van der Waals surface area contributed by atoms with Crippen molar-refractivity contribution in [2.45, 2.75) is 83.7 Å². The maximum Gasteiger partial charge on any atom is 0.407 e. The molecule has 1 aliphatic heterocycles. The molecule has 1 fully saturated rings. The Morgan fingerprint density at radius 2 is 1.84 bits per heavy atom. The van der Waals surface area contributed by atoms with Gasteiger partial charge in [-0.1, -0.05) is 13.8 Å². The lowest BCUT2D eigenvalue weighted by Crippen LogP contribution is -2.55. The van der Waals surface area contributed by atoms with Crippen molar-refractivity contribution in [1.82, 2.24) is 26.7 Å². The SMILES string of the molecule is CNC(=O)[C@H](CCCCN)NC(=O)[C@@H]1CCCCNC(=O)OCCC[C@H](C(=O)NO)[C@@H](CC(C)C)C(=O)N1. The van der Waals surface area contributed by atoms with Crippen LogP contribution in [-0.4, -0.2) is 73.8 Å². The molecule has 0 aromatic rings. The van der Waals surface area contributed by atoms with E-state index in [2.05, 4.69) is 21.3 Å². The number of likely N-dealkylation sites (N-methyl/N-ethyl adjacent to an activating group) is 1. The minimum absolute atomic E-state index is 0.0382. The zero-order valence-corrected chi connectivity index (χ0v) is 22.8. The van der Waals surface area contributed by atoms with Crippen LogP contribution in [0.4, 0.5) is 4.79 Å². The number of hydrogen-bond donors (Lipinski definition) is 7. The van der Waals surface area contributed by atoms with Crippen molar-refractivity contribution in [3.05, 3.63) is 0 Å². The third-order valence-corrected chi connectivity index (χ3v) is 6.54. The highest BCUT2D eigenvalue weighted by Gasteiger charge is 2.36. The van der Waals surface area contributed by atoms with Crippen LogP contribution in [0, 0.1) is 17.8 Å². The molecule has 1 saturated heterocycles.